The fraction of sp³-hybridized carbons (Fsp3) is 0.312. The van der Waals surface area contributed by atoms with Crippen LogP contribution < -0.4 is 9.47 Å². The first kappa shape index (κ1) is 15.6. The molecule has 1 aromatic heterocycles. The molecule has 0 saturated carbocycles. The summed E-state index contributed by atoms with van der Waals surface area (Å²) < 4.78 is 10.8. The van der Waals surface area contributed by atoms with Gasteiger partial charge in [-0.2, -0.15) is 0 Å². The monoisotopic (exact) mass is 307 g/mol. The third-order valence-electron chi connectivity index (χ3n) is 3.01. The SMILES string of the molecule is CCCOc1cncc(C(O)c2ccc(Cl)cc2OC)c1. The van der Waals surface area contributed by atoms with Crippen molar-refractivity contribution in [3.8, 4) is 11.5 Å². The van der Waals surface area contributed by atoms with Crippen LogP contribution in [-0.4, -0.2) is 23.8 Å². The van der Waals surface area contributed by atoms with Crippen LogP contribution in [0.5, 0.6) is 11.5 Å². The Balaban J connectivity index is 2.29. The van der Waals surface area contributed by atoms with E-state index in [4.69, 9.17) is 21.1 Å². The summed E-state index contributed by atoms with van der Waals surface area (Å²) in [5, 5.41) is 11.1. The maximum atomic E-state index is 10.5. The van der Waals surface area contributed by atoms with Crippen molar-refractivity contribution in [3.63, 3.8) is 0 Å². The van der Waals surface area contributed by atoms with Gasteiger partial charge in [0.15, 0.2) is 0 Å². The predicted molar refractivity (Wildman–Crippen MR) is 82.1 cm³/mol. The van der Waals surface area contributed by atoms with Crippen LogP contribution in [0.3, 0.4) is 0 Å². The Morgan fingerprint density at radius 3 is 2.81 bits per heavy atom. The minimum Gasteiger partial charge on any atom is -0.496 e. The van der Waals surface area contributed by atoms with Crippen LogP contribution in [0.15, 0.2) is 36.7 Å². The third kappa shape index (κ3) is 3.86. The molecule has 0 spiro atoms. The Labute approximate surface area is 129 Å². The maximum absolute atomic E-state index is 10.5. The molecule has 0 aliphatic heterocycles. The van der Waals surface area contributed by atoms with Gasteiger partial charge >= 0.3 is 0 Å². The summed E-state index contributed by atoms with van der Waals surface area (Å²) in [6.45, 7) is 2.65. The van der Waals surface area contributed by atoms with Crippen LogP contribution in [0.25, 0.3) is 0 Å². The van der Waals surface area contributed by atoms with Crippen molar-refractivity contribution >= 4 is 11.6 Å². The molecule has 4 nitrogen and oxygen atoms in total. The van der Waals surface area contributed by atoms with Gasteiger partial charge in [-0.15, -0.1) is 0 Å². The first-order valence-electron chi connectivity index (χ1n) is 6.75. The van der Waals surface area contributed by atoms with E-state index >= 15 is 0 Å². The van der Waals surface area contributed by atoms with E-state index in [0.29, 0.717) is 34.3 Å². The summed E-state index contributed by atoms with van der Waals surface area (Å²) >= 11 is 5.93. The molecule has 2 rings (SSSR count). The fourth-order valence-corrected chi connectivity index (χ4v) is 2.14. The molecular formula is C16H18ClNO3. The highest BCUT2D eigenvalue weighted by atomic mass is 35.5. The first-order chi connectivity index (χ1) is 10.2. The highest BCUT2D eigenvalue weighted by Gasteiger charge is 2.16. The zero-order valence-corrected chi connectivity index (χ0v) is 12.8. The standard InChI is InChI=1S/C16H18ClNO3/c1-3-6-21-13-7-11(9-18-10-13)16(19)14-5-4-12(17)8-15(14)20-2/h4-5,7-10,16,19H,3,6H2,1-2H3. The zero-order chi connectivity index (χ0) is 15.2. The summed E-state index contributed by atoms with van der Waals surface area (Å²) in [6, 6.07) is 6.91. The Morgan fingerprint density at radius 1 is 1.29 bits per heavy atom. The van der Waals surface area contributed by atoms with Gasteiger partial charge in [-0.05, 0) is 24.6 Å². The molecule has 21 heavy (non-hydrogen) atoms. The Kier molecular flexibility index (Phi) is 5.42. The summed E-state index contributed by atoms with van der Waals surface area (Å²) in [6.07, 6.45) is 3.30. The molecule has 1 unspecified atom stereocenters. The highest BCUT2D eigenvalue weighted by molar-refractivity contribution is 6.30. The van der Waals surface area contributed by atoms with Crippen LogP contribution in [0.2, 0.25) is 5.02 Å². The minimum absolute atomic E-state index is 0.537. The zero-order valence-electron chi connectivity index (χ0n) is 12.0. The number of aliphatic hydroxyl groups is 1. The molecule has 1 aromatic carbocycles. The molecule has 2 aromatic rings. The number of hydrogen-bond donors (Lipinski definition) is 1. The number of benzene rings is 1. The van der Waals surface area contributed by atoms with E-state index in [1.54, 1.807) is 43.8 Å². The number of pyridine rings is 1. The molecule has 0 fully saturated rings. The quantitative estimate of drug-likeness (QED) is 0.885. The summed E-state index contributed by atoms with van der Waals surface area (Å²) in [7, 11) is 1.54. The Morgan fingerprint density at radius 2 is 2.10 bits per heavy atom. The van der Waals surface area contributed by atoms with E-state index in [9.17, 15) is 5.11 Å². The van der Waals surface area contributed by atoms with E-state index in [1.165, 1.54) is 0 Å². The van der Waals surface area contributed by atoms with Crippen molar-refractivity contribution in [2.75, 3.05) is 13.7 Å². The smallest absolute Gasteiger partial charge is 0.137 e. The molecule has 112 valence electrons. The maximum Gasteiger partial charge on any atom is 0.137 e. The van der Waals surface area contributed by atoms with Gasteiger partial charge < -0.3 is 14.6 Å². The minimum atomic E-state index is -0.852. The van der Waals surface area contributed by atoms with Gasteiger partial charge in [-0.1, -0.05) is 24.6 Å². The second-order valence-corrected chi connectivity index (χ2v) is 5.03. The number of aliphatic hydroxyl groups excluding tert-OH is 1. The van der Waals surface area contributed by atoms with Crippen molar-refractivity contribution in [3.05, 3.63) is 52.8 Å². The average Bonchev–Trinajstić information content (AvgIpc) is 2.52. The number of nitrogens with zero attached hydrogens (tertiary/aromatic N) is 1. The van der Waals surface area contributed by atoms with Crippen molar-refractivity contribution in [2.24, 2.45) is 0 Å². The molecule has 0 saturated heterocycles. The fourth-order valence-electron chi connectivity index (χ4n) is 1.97. The van der Waals surface area contributed by atoms with Gasteiger partial charge in [0.2, 0.25) is 0 Å². The van der Waals surface area contributed by atoms with Crippen molar-refractivity contribution in [2.45, 2.75) is 19.4 Å². The van der Waals surface area contributed by atoms with E-state index < -0.39 is 6.10 Å². The molecule has 1 heterocycles. The lowest BCUT2D eigenvalue weighted by atomic mass is 10.0. The molecule has 0 amide bonds. The molecule has 1 atom stereocenters. The van der Waals surface area contributed by atoms with Crippen LogP contribution in [0.4, 0.5) is 0 Å². The van der Waals surface area contributed by atoms with Crippen LogP contribution in [0.1, 0.15) is 30.6 Å². The Hall–Kier alpha value is -1.78. The lowest BCUT2D eigenvalue weighted by Gasteiger charge is -2.16. The lowest BCUT2D eigenvalue weighted by molar-refractivity contribution is 0.213. The molecule has 0 radical (unpaired) electrons. The number of aromatic nitrogens is 1. The predicted octanol–water partition coefficient (Wildman–Crippen LogP) is 3.61. The lowest BCUT2D eigenvalue weighted by Crippen LogP contribution is -2.04. The second kappa shape index (κ2) is 7.29. The molecule has 0 aliphatic rings. The number of ether oxygens (including phenoxy) is 2. The van der Waals surface area contributed by atoms with Crippen LogP contribution in [0, 0.1) is 0 Å². The molecule has 5 heteroatoms. The van der Waals surface area contributed by atoms with E-state index in [1.807, 2.05) is 6.92 Å². The molecule has 0 bridgehead atoms. The van der Waals surface area contributed by atoms with E-state index in [2.05, 4.69) is 4.98 Å². The summed E-state index contributed by atoms with van der Waals surface area (Å²) in [4.78, 5) is 4.11. The first-order valence-corrected chi connectivity index (χ1v) is 7.12. The van der Waals surface area contributed by atoms with E-state index in [0.717, 1.165) is 6.42 Å². The average molecular weight is 308 g/mol. The van der Waals surface area contributed by atoms with Gasteiger partial charge in [0.25, 0.3) is 0 Å². The molecule has 1 N–H and O–H groups in total. The third-order valence-corrected chi connectivity index (χ3v) is 3.25. The number of methoxy groups -OCH3 is 1. The number of hydrogen-bond acceptors (Lipinski definition) is 4. The van der Waals surface area contributed by atoms with Gasteiger partial charge in [-0.3, -0.25) is 4.98 Å². The van der Waals surface area contributed by atoms with Crippen molar-refractivity contribution < 1.29 is 14.6 Å². The van der Waals surface area contributed by atoms with Gasteiger partial charge in [0.05, 0.1) is 19.9 Å². The largest absolute Gasteiger partial charge is 0.496 e. The number of halogens is 1. The topological polar surface area (TPSA) is 51.6 Å². The van der Waals surface area contributed by atoms with Crippen LogP contribution >= 0.6 is 11.6 Å². The van der Waals surface area contributed by atoms with Crippen LogP contribution in [-0.2, 0) is 0 Å². The van der Waals surface area contributed by atoms with Gasteiger partial charge in [0, 0.05) is 22.3 Å². The summed E-state index contributed by atoms with van der Waals surface area (Å²) in [5.74, 6) is 1.18. The normalized spacial score (nSPS) is 12.0. The summed E-state index contributed by atoms with van der Waals surface area (Å²) in [5.41, 5.74) is 1.28. The van der Waals surface area contributed by atoms with Gasteiger partial charge in [-0.25, -0.2) is 0 Å². The van der Waals surface area contributed by atoms with Gasteiger partial charge in [0.1, 0.15) is 17.6 Å². The number of rotatable bonds is 6. The van der Waals surface area contributed by atoms with Crippen molar-refractivity contribution in [1.29, 1.82) is 0 Å². The molecular weight excluding hydrogens is 290 g/mol. The van der Waals surface area contributed by atoms with Crippen molar-refractivity contribution in [1.82, 2.24) is 4.98 Å². The highest BCUT2D eigenvalue weighted by Crippen LogP contribution is 2.32. The molecule has 0 aliphatic carbocycles. The Bertz CT molecular complexity index is 604. The second-order valence-electron chi connectivity index (χ2n) is 4.59. The van der Waals surface area contributed by atoms with E-state index in [-0.39, 0.29) is 0 Å².